The number of hydrogen-bond donors (Lipinski definition) is 1. The summed E-state index contributed by atoms with van der Waals surface area (Å²) in [4.78, 5) is 0. The number of hydrogen-bond acceptors (Lipinski definition) is 1. The SMILES string of the molecule is CC1(C)CNc2c(Br)cccc2C1. The molecule has 2 rings (SSSR count). The van der Waals surface area contributed by atoms with E-state index >= 15 is 0 Å². The number of anilines is 1. The number of nitrogens with one attached hydrogen (secondary N) is 1. The molecule has 1 heterocycles. The Kier molecular flexibility index (Phi) is 2.11. The molecular formula is C11H14BrN. The van der Waals surface area contributed by atoms with E-state index in [0.717, 1.165) is 13.0 Å². The molecule has 1 nitrogen and oxygen atoms in total. The second kappa shape index (κ2) is 3.02. The minimum atomic E-state index is 0.383. The summed E-state index contributed by atoms with van der Waals surface area (Å²) in [5.41, 5.74) is 3.08. The predicted molar refractivity (Wildman–Crippen MR) is 60.1 cm³/mol. The summed E-state index contributed by atoms with van der Waals surface area (Å²) in [6.45, 7) is 5.65. The summed E-state index contributed by atoms with van der Waals surface area (Å²) < 4.78 is 1.18. The first-order valence-electron chi connectivity index (χ1n) is 4.60. The molecular weight excluding hydrogens is 226 g/mol. The lowest BCUT2D eigenvalue weighted by molar-refractivity contribution is 0.379. The van der Waals surface area contributed by atoms with Gasteiger partial charge in [-0.1, -0.05) is 26.0 Å². The van der Waals surface area contributed by atoms with Gasteiger partial charge in [-0.15, -0.1) is 0 Å². The molecule has 0 aliphatic carbocycles. The van der Waals surface area contributed by atoms with Crippen LogP contribution in [0.2, 0.25) is 0 Å². The van der Waals surface area contributed by atoms with Gasteiger partial charge in [0.2, 0.25) is 0 Å². The lowest BCUT2D eigenvalue weighted by Gasteiger charge is -2.32. The first-order chi connectivity index (χ1) is 6.08. The molecule has 0 atom stereocenters. The Morgan fingerprint density at radius 1 is 1.38 bits per heavy atom. The van der Waals surface area contributed by atoms with Crippen molar-refractivity contribution < 1.29 is 0 Å². The fourth-order valence-corrected chi connectivity index (χ4v) is 2.37. The van der Waals surface area contributed by atoms with E-state index in [-0.39, 0.29) is 0 Å². The largest absolute Gasteiger partial charge is 0.383 e. The van der Waals surface area contributed by atoms with Gasteiger partial charge < -0.3 is 5.32 Å². The summed E-state index contributed by atoms with van der Waals surface area (Å²) in [5, 5.41) is 3.47. The van der Waals surface area contributed by atoms with Gasteiger partial charge in [-0.3, -0.25) is 0 Å². The smallest absolute Gasteiger partial charge is 0.0517 e. The molecule has 13 heavy (non-hydrogen) atoms. The van der Waals surface area contributed by atoms with E-state index < -0.39 is 0 Å². The highest BCUT2D eigenvalue weighted by atomic mass is 79.9. The maximum absolute atomic E-state index is 3.56. The van der Waals surface area contributed by atoms with Gasteiger partial charge in [-0.2, -0.15) is 0 Å². The molecule has 1 aromatic rings. The van der Waals surface area contributed by atoms with Gasteiger partial charge in [0, 0.05) is 11.0 Å². The Balaban J connectivity index is 2.42. The van der Waals surface area contributed by atoms with Crippen LogP contribution in [0.3, 0.4) is 0 Å². The Morgan fingerprint density at radius 2 is 2.15 bits per heavy atom. The summed E-state index contributed by atoms with van der Waals surface area (Å²) >= 11 is 3.56. The molecule has 0 radical (unpaired) electrons. The van der Waals surface area contributed by atoms with E-state index in [1.54, 1.807) is 0 Å². The summed E-state index contributed by atoms with van der Waals surface area (Å²) in [6.07, 6.45) is 1.16. The quantitative estimate of drug-likeness (QED) is 0.732. The first-order valence-corrected chi connectivity index (χ1v) is 5.39. The Bertz CT molecular complexity index is 331. The number of halogens is 1. The number of para-hydroxylation sites is 1. The summed E-state index contributed by atoms with van der Waals surface area (Å²) in [5.74, 6) is 0. The van der Waals surface area contributed by atoms with Crippen LogP contribution in [0.5, 0.6) is 0 Å². The highest BCUT2D eigenvalue weighted by molar-refractivity contribution is 9.10. The second-order valence-corrected chi connectivity index (χ2v) is 5.32. The van der Waals surface area contributed by atoms with E-state index in [0.29, 0.717) is 5.41 Å². The minimum Gasteiger partial charge on any atom is -0.383 e. The van der Waals surface area contributed by atoms with Crippen LogP contribution in [-0.2, 0) is 6.42 Å². The Hall–Kier alpha value is -0.500. The van der Waals surface area contributed by atoms with Gasteiger partial charge in [-0.25, -0.2) is 0 Å². The molecule has 1 N–H and O–H groups in total. The number of rotatable bonds is 0. The lowest BCUT2D eigenvalue weighted by atomic mass is 9.82. The van der Waals surface area contributed by atoms with E-state index in [1.165, 1.54) is 15.7 Å². The van der Waals surface area contributed by atoms with Crippen LogP contribution in [0.15, 0.2) is 22.7 Å². The van der Waals surface area contributed by atoms with E-state index in [1.807, 2.05) is 0 Å². The zero-order valence-electron chi connectivity index (χ0n) is 8.02. The highest BCUT2D eigenvalue weighted by Gasteiger charge is 2.25. The Morgan fingerprint density at radius 3 is 2.92 bits per heavy atom. The van der Waals surface area contributed by atoms with Crippen LogP contribution in [0.25, 0.3) is 0 Å². The third-order valence-electron chi connectivity index (χ3n) is 2.51. The second-order valence-electron chi connectivity index (χ2n) is 4.47. The van der Waals surface area contributed by atoms with Crippen molar-refractivity contribution in [3.8, 4) is 0 Å². The molecule has 70 valence electrons. The van der Waals surface area contributed by atoms with Crippen molar-refractivity contribution in [1.29, 1.82) is 0 Å². The molecule has 0 unspecified atom stereocenters. The molecule has 2 heteroatoms. The van der Waals surface area contributed by atoms with E-state index in [9.17, 15) is 0 Å². The Labute approximate surface area is 87.7 Å². The topological polar surface area (TPSA) is 12.0 Å². The average Bonchev–Trinajstić information content (AvgIpc) is 2.02. The van der Waals surface area contributed by atoms with Crippen LogP contribution in [0, 0.1) is 5.41 Å². The molecule has 0 saturated carbocycles. The van der Waals surface area contributed by atoms with Gasteiger partial charge in [0.05, 0.1) is 5.69 Å². The fourth-order valence-electron chi connectivity index (χ4n) is 1.82. The third kappa shape index (κ3) is 1.73. The van der Waals surface area contributed by atoms with Crippen LogP contribution in [0.1, 0.15) is 19.4 Å². The average molecular weight is 240 g/mol. The van der Waals surface area contributed by atoms with Gasteiger partial charge in [0.1, 0.15) is 0 Å². The molecule has 0 saturated heterocycles. The van der Waals surface area contributed by atoms with Crippen molar-refractivity contribution in [2.75, 3.05) is 11.9 Å². The summed E-state index contributed by atoms with van der Waals surface area (Å²) in [7, 11) is 0. The van der Waals surface area contributed by atoms with Crippen molar-refractivity contribution in [1.82, 2.24) is 0 Å². The molecule has 0 amide bonds. The van der Waals surface area contributed by atoms with Crippen molar-refractivity contribution in [2.24, 2.45) is 5.41 Å². The first kappa shape index (κ1) is 9.07. The highest BCUT2D eigenvalue weighted by Crippen LogP contribution is 2.36. The molecule has 0 aromatic heterocycles. The molecule has 1 aliphatic rings. The normalized spacial score (nSPS) is 19.0. The predicted octanol–water partition coefficient (Wildman–Crippen LogP) is 3.44. The van der Waals surface area contributed by atoms with Crippen LogP contribution in [-0.4, -0.2) is 6.54 Å². The maximum atomic E-state index is 3.56. The minimum absolute atomic E-state index is 0.383. The third-order valence-corrected chi connectivity index (χ3v) is 3.17. The molecule has 1 aromatic carbocycles. The van der Waals surface area contributed by atoms with Gasteiger partial charge in [0.25, 0.3) is 0 Å². The molecule has 1 aliphatic heterocycles. The number of fused-ring (bicyclic) bond motifs is 1. The zero-order chi connectivity index (χ0) is 9.47. The van der Waals surface area contributed by atoms with Gasteiger partial charge in [-0.05, 0) is 39.4 Å². The lowest BCUT2D eigenvalue weighted by Crippen LogP contribution is -2.30. The van der Waals surface area contributed by atoms with Gasteiger partial charge >= 0.3 is 0 Å². The molecule has 0 fully saturated rings. The standard InChI is InChI=1S/C11H14BrN/c1-11(2)6-8-4-3-5-9(12)10(8)13-7-11/h3-5,13H,6-7H2,1-2H3. The van der Waals surface area contributed by atoms with Crippen LogP contribution >= 0.6 is 15.9 Å². The fraction of sp³-hybridized carbons (Fsp3) is 0.455. The maximum Gasteiger partial charge on any atom is 0.0517 e. The van der Waals surface area contributed by atoms with E-state index in [2.05, 4.69) is 53.3 Å². The van der Waals surface area contributed by atoms with Crippen molar-refractivity contribution >= 4 is 21.6 Å². The van der Waals surface area contributed by atoms with Crippen molar-refractivity contribution in [3.63, 3.8) is 0 Å². The molecule has 0 spiro atoms. The zero-order valence-corrected chi connectivity index (χ0v) is 9.61. The monoisotopic (exact) mass is 239 g/mol. The van der Waals surface area contributed by atoms with E-state index in [4.69, 9.17) is 0 Å². The summed E-state index contributed by atoms with van der Waals surface area (Å²) in [6, 6.07) is 6.39. The molecule has 0 bridgehead atoms. The van der Waals surface area contributed by atoms with Crippen molar-refractivity contribution in [2.45, 2.75) is 20.3 Å². The van der Waals surface area contributed by atoms with Crippen LogP contribution in [0.4, 0.5) is 5.69 Å². The van der Waals surface area contributed by atoms with Crippen molar-refractivity contribution in [3.05, 3.63) is 28.2 Å². The van der Waals surface area contributed by atoms with Gasteiger partial charge in [0.15, 0.2) is 0 Å². The van der Waals surface area contributed by atoms with Crippen LogP contribution < -0.4 is 5.32 Å². The number of benzene rings is 1.